The average Bonchev–Trinajstić information content (AvgIpc) is 2.94. The molecule has 96 valence electrons. The molecule has 0 radical (unpaired) electrons. The van der Waals surface area contributed by atoms with Gasteiger partial charge in [-0.3, -0.25) is 9.89 Å². The first-order valence-corrected chi connectivity index (χ1v) is 5.95. The number of benzene rings is 1. The molecule has 2 N–H and O–H groups in total. The molecule has 0 atom stereocenters. The number of carboxylic acids is 1. The van der Waals surface area contributed by atoms with Crippen LogP contribution in [0.2, 0.25) is 0 Å². The van der Waals surface area contributed by atoms with Crippen molar-refractivity contribution in [3.63, 3.8) is 0 Å². The molecule has 0 saturated heterocycles. The molecule has 2 aromatic heterocycles. The second-order valence-corrected chi connectivity index (χ2v) is 4.51. The fraction of sp³-hybridized carbons (Fsp3) is 0.143. The second-order valence-electron chi connectivity index (χ2n) is 4.51. The van der Waals surface area contributed by atoms with Crippen LogP contribution in [0.3, 0.4) is 0 Å². The van der Waals surface area contributed by atoms with Gasteiger partial charge < -0.3 is 9.67 Å². The number of H-pyrrole nitrogens is 1. The van der Waals surface area contributed by atoms with Gasteiger partial charge in [0.2, 0.25) is 0 Å². The zero-order valence-electron chi connectivity index (χ0n) is 10.4. The van der Waals surface area contributed by atoms with Crippen molar-refractivity contribution < 1.29 is 9.90 Å². The zero-order valence-corrected chi connectivity index (χ0v) is 10.4. The number of fused-ring (bicyclic) bond motifs is 1. The van der Waals surface area contributed by atoms with Crippen LogP contribution in [0.25, 0.3) is 22.2 Å². The lowest BCUT2D eigenvalue weighted by Gasteiger charge is -1.99. The van der Waals surface area contributed by atoms with Crippen molar-refractivity contribution in [2.24, 2.45) is 7.05 Å². The highest BCUT2D eigenvalue weighted by Gasteiger charge is 2.15. The first kappa shape index (κ1) is 11.5. The van der Waals surface area contributed by atoms with Gasteiger partial charge in [0.25, 0.3) is 0 Å². The summed E-state index contributed by atoms with van der Waals surface area (Å²) in [5.41, 5.74) is 3.56. The van der Waals surface area contributed by atoms with E-state index in [0.717, 1.165) is 22.2 Å². The van der Waals surface area contributed by atoms with Crippen LogP contribution in [-0.2, 0) is 18.3 Å². The Kier molecular flexibility index (Phi) is 2.59. The summed E-state index contributed by atoms with van der Waals surface area (Å²) in [7, 11) is 1.97. The Bertz CT molecular complexity index is 755. The van der Waals surface area contributed by atoms with Crippen molar-refractivity contribution in [3.05, 3.63) is 42.2 Å². The van der Waals surface area contributed by atoms with Gasteiger partial charge in [-0.15, -0.1) is 0 Å². The van der Waals surface area contributed by atoms with Crippen LogP contribution in [0.15, 0.2) is 36.7 Å². The summed E-state index contributed by atoms with van der Waals surface area (Å²) in [6.07, 6.45) is 3.53. The lowest BCUT2D eigenvalue weighted by Crippen LogP contribution is -2.00. The van der Waals surface area contributed by atoms with E-state index < -0.39 is 5.97 Å². The van der Waals surface area contributed by atoms with Gasteiger partial charge in [0.15, 0.2) is 0 Å². The third-order valence-electron chi connectivity index (χ3n) is 3.23. The van der Waals surface area contributed by atoms with E-state index in [0.29, 0.717) is 5.56 Å². The molecule has 0 spiro atoms. The monoisotopic (exact) mass is 255 g/mol. The zero-order chi connectivity index (χ0) is 13.4. The van der Waals surface area contributed by atoms with Gasteiger partial charge >= 0.3 is 5.97 Å². The molecule has 2 heterocycles. The first-order chi connectivity index (χ1) is 9.16. The Morgan fingerprint density at radius 2 is 2.21 bits per heavy atom. The van der Waals surface area contributed by atoms with Crippen molar-refractivity contribution in [2.45, 2.75) is 6.42 Å². The van der Waals surface area contributed by atoms with E-state index in [1.54, 1.807) is 6.20 Å². The van der Waals surface area contributed by atoms with Gasteiger partial charge in [-0.2, -0.15) is 5.10 Å². The van der Waals surface area contributed by atoms with E-state index in [4.69, 9.17) is 5.11 Å². The topological polar surface area (TPSA) is 70.9 Å². The number of carboxylic acid groups (broad SMARTS) is 1. The maximum atomic E-state index is 10.9. The fourth-order valence-electron chi connectivity index (χ4n) is 2.38. The highest BCUT2D eigenvalue weighted by Crippen LogP contribution is 2.30. The normalized spacial score (nSPS) is 11.0. The summed E-state index contributed by atoms with van der Waals surface area (Å²) < 4.78 is 2.02. The minimum absolute atomic E-state index is 0.0327. The number of hydrogen-bond donors (Lipinski definition) is 2. The van der Waals surface area contributed by atoms with Gasteiger partial charge in [-0.1, -0.05) is 18.2 Å². The molecule has 0 fully saturated rings. The largest absolute Gasteiger partial charge is 0.481 e. The molecule has 0 amide bonds. The number of aromatic amines is 1. The maximum absolute atomic E-state index is 10.9. The third kappa shape index (κ3) is 1.89. The van der Waals surface area contributed by atoms with Crippen LogP contribution >= 0.6 is 0 Å². The Labute approximate surface area is 109 Å². The number of para-hydroxylation sites is 1. The molecular weight excluding hydrogens is 242 g/mol. The Morgan fingerprint density at radius 1 is 1.42 bits per heavy atom. The molecule has 19 heavy (non-hydrogen) atoms. The molecule has 0 aliphatic heterocycles. The predicted octanol–water partition coefficient (Wildman–Crippen LogP) is 2.20. The number of nitrogens with one attached hydrogen (secondary N) is 1. The van der Waals surface area contributed by atoms with Crippen molar-refractivity contribution in [2.75, 3.05) is 0 Å². The molecule has 0 unspecified atom stereocenters. The first-order valence-electron chi connectivity index (χ1n) is 5.95. The van der Waals surface area contributed by atoms with E-state index in [2.05, 4.69) is 10.2 Å². The molecule has 3 rings (SSSR count). The van der Waals surface area contributed by atoms with Gasteiger partial charge in [-0.05, 0) is 6.07 Å². The Hall–Kier alpha value is -2.56. The summed E-state index contributed by atoms with van der Waals surface area (Å²) in [5.74, 6) is -0.858. The Morgan fingerprint density at radius 3 is 3.00 bits per heavy atom. The SMILES string of the molecule is Cn1cc(-c2[nH]ncc2CC(=O)O)c2ccccc21. The van der Waals surface area contributed by atoms with E-state index in [1.807, 2.05) is 42.1 Å². The summed E-state index contributed by atoms with van der Waals surface area (Å²) in [6.45, 7) is 0. The van der Waals surface area contributed by atoms with Crippen molar-refractivity contribution in [3.8, 4) is 11.3 Å². The molecule has 5 nitrogen and oxygen atoms in total. The van der Waals surface area contributed by atoms with Crippen LogP contribution < -0.4 is 0 Å². The summed E-state index contributed by atoms with van der Waals surface area (Å²) in [5, 5.41) is 16.9. The standard InChI is InChI=1S/C14H13N3O2/c1-17-8-11(10-4-2-3-5-12(10)17)14-9(6-13(18)19)7-15-16-14/h2-5,7-8H,6H2,1H3,(H,15,16)(H,18,19). The summed E-state index contributed by atoms with van der Waals surface area (Å²) in [4.78, 5) is 10.9. The lowest BCUT2D eigenvalue weighted by atomic mass is 10.1. The molecule has 0 bridgehead atoms. The number of nitrogens with zero attached hydrogens (tertiary/aromatic N) is 2. The number of aliphatic carboxylic acids is 1. The average molecular weight is 255 g/mol. The highest BCUT2D eigenvalue weighted by atomic mass is 16.4. The summed E-state index contributed by atoms with van der Waals surface area (Å²) in [6, 6.07) is 8.01. The second kappa shape index (κ2) is 4.28. The number of hydrogen-bond acceptors (Lipinski definition) is 2. The summed E-state index contributed by atoms with van der Waals surface area (Å²) >= 11 is 0. The fourth-order valence-corrected chi connectivity index (χ4v) is 2.38. The number of carbonyl (C=O) groups is 1. The molecule has 1 aromatic carbocycles. The third-order valence-corrected chi connectivity index (χ3v) is 3.23. The lowest BCUT2D eigenvalue weighted by molar-refractivity contribution is -0.136. The molecular formula is C14H13N3O2. The molecule has 5 heteroatoms. The van der Waals surface area contributed by atoms with E-state index in [9.17, 15) is 4.79 Å². The highest BCUT2D eigenvalue weighted by molar-refractivity contribution is 5.96. The van der Waals surface area contributed by atoms with Crippen LogP contribution in [0, 0.1) is 0 Å². The quantitative estimate of drug-likeness (QED) is 0.753. The Balaban J connectivity index is 2.20. The molecule has 3 aromatic rings. The van der Waals surface area contributed by atoms with Crippen LogP contribution in [0.4, 0.5) is 0 Å². The van der Waals surface area contributed by atoms with Crippen LogP contribution in [0.1, 0.15) is 5.56 Å². The van der Waals surface area contributed by atoms with Crippen LogP contribution in [-0.4, -0.2) is 25.8 Å². The molecule has 0 aliphatic rings. The van der Waals surface area contributed by atoms with E-state index >= 15 is 0 Å². The van der Waals surface area contributed by atoms with Gasteiger partial charge in [0.1, 0.15) is 0 Å². The van der Waals surface area contributed by atoms with Gasteiger partial charge in [0.05, 0.1) is 18.3 Å². The van der Waals surface area contributed by atoms with Crippen LogP contribution in [0.5, 0.6) is 0 Å². The minimum atomic E-state index is -0.858. The van der Waals surface area contributed by atoms with Crippen molar-refractivity contribution >= 4 is 16.9 Å². The van der Waals surface area contributed by atoms with Gasteiger partial charge in [0, 0.05) is 35.3 Å². The number of aromatic nitrogens is 3. The number of aryl methyl sites for hydroxylation is 1. The number of rotatable bonds is 3. The van der Waals surface area contributed by atoms with E-state index in [1.165, 1.54) is 0 Å². The smallest absolute Gasteiger partial charge is 0.307 e. The van der Waals surface area contributed by atoms with Crippen molar-refractivity contribution in [1.82, 2.24) is 14.8 Å². The minimum Gasteiger partial charge on any atom is -0.481 e. The molecule has 0 saturated carbocycles. The molecule has 0 aliphatic carbocycles. The van der Waals surface area contributed by atoms with Crippen molar-refractivity contribution in [1.29, 1.82) is 0 Å². The predicted molar refractivity (Wildman–Crippen MR) is 71.8 cm³/mol. The maximum Gasteiger partial charge on any atom is 0.307 e. The van der Waals surface area contributed by atoms with Gasteiger partial charge in [-0.25, -0.2) is 0 Å². The van der Waals surface area contributed by atoms with E-state index in [-0.39, 0.29) is 6.42 Å².